The molecule has 0 unspecified atom stereocenters. The minimum Gasteiger partial charge on any atom is -0.454 e. The number of hydrogen-bond acceptors (Lipinski definition) is 4. The summed E-state index contributed by atoms with van der Waals surface area (Å²) in [6.45, 7) is 0. The Morgan fingerprint density at radius 3 is 1.41 bits per heavy atom. The molecule has 56 heavy (non-hydrogen) atoms. The van der Waals surface area contributed by atoms with E-state index < -0.39 is 0 Å². The van der Waals surface area contributed by atoms with Crippen LogP contribution >= 0.6 is 0 Å². The minimum atomic E-state index is 0.583. The second-order valence-corrected chi connectivity index (χ2v) is 14.0. The Kier molecular flexibility index (Phi) is 7.42. The van der Waals surface area contributed by atoms with Crippen LogP contribution in [0, 0.1) is 0 Å². The van der Waals surface area contributed by atoms with Gasteiger partial charge in [-0.25, -0.2) is 15.0 Å². The normalized spacial score (nSPS) is 11.6. The quantitative estimate of drug-likeness (QED) is 0.172. The first-order chi connectivity index (χ1) is 27.8. The fourth-order valence-electron chi connectivity index (χ4n) is 8.01. The summed E-state index contributed by atoms with van der Waals surface area (Å²) >= 11 is 0. The molecule has 5 heteroatoms. The highest BCUT2D eigenvalue weighted by atomic mass is 16.3. The van der Waals surface area contributed by atoms with Crippen LogP contribution < -0.4 is 0 Å². The molecule has 0 aliphatic rings. The Balaban J connectivity index is 1.15. The van der Waals surface area contributed by atoms with E-state index >= 15 is 0 Å². The van der Waals surface area contributed by atoms with Crippen LogP contribution in [0.5, 0.6) is 0 Å². The van der Waals surface area contributed by atoms with E-state index in [1.807, 2.05) is 66.7 Å². The molecule has 3 aromatic heterocycles. The van der Waals surface area contributed by atoms with E-state index in [2.05, 4.69) is 132 Å². The summed E-state index contributed by atoms with van der Waals surface area (Å²) < 4.78 is 9.40. The van der Waals surface area contributed by atoms with Gasteiger partial charge in [-0.15, -0.1) is 0 Å². The second-order valence-electron chi connectivity index (χ2n) is 14.0. The van der Waals surface area contributed by atoms with E-state index in [0.29, 0.717) is 17.5 Å². The molecule has 0 N–H and O–H groups in total. The number of nitrogens with zero attached hydrogens (tertiary/aromatic N) is 4. The Morgan fingerprint density at radius 1 is 0.357 bits per heavy atom. The van der Waals surface area contributed by atoms with Crippen molar-refractivity contribution in [1.29, 1.82) is 0 Å². The zero-order valence-electron chi connectivity index (χ0n) is 30.2. The van der Waals surface area contributed by atoms with Crippen LogP contribution in [-0.4, -0.2) is 19.5 Å². The third-order valence-electron chi connectivity index (χ3n) is 10.7. The van der Waals surface area contributed by atoms with Gasteiger partial charge in [-0.2, -0.15) is 0 Å². The number of fused-ring (bicyclic) bond motifs is 6. The van der Waals surface area contributed by atoms with Crippen LogP contribution in [-0.2, 0) is 0 Å². The van der Waals surface area contributed by atoms with Gasteiger partial charge >= 0.3 is 0 Å². The summed E-state index contributed by atoms with van der Waals surface area (Å²) in [5.74, 6) is 1.82. The lowest BCUT2D eigenvalue weighted by Gasteiger charge is -2.12. The van der Waals surface area contributed by atoms with Crippen molar-refractivity contribution >= 4 is 43.7 Å². The first kappa shape index (κ1) is 31.9. The van der Waals surface area contributed by atoms with Gasteiger partial charge in [-0.05, 0) is 52.6 Å². The number of para-hydroxylation sites is 2. The van der Waals surface area contributed by atoms with Crippen molar-refractivity contribution in [3.05, 3.63) is 194 Å². The maximum atomic E-state index is 7.06. The second kappa shape index (κ2) is 13.0. The molecule has 0 radical (unpaired) electrons. The highest BCUT2D eigenvalue weighted by molar-refractivity contribution is 6.17. The van der Waals surface area contributed by atoms with E-state index in [1.54, 1.807) is 0 Å². The maximum Gasteiger partial charge on any atom is 0.164 e. The molecule has 0 aliphatic heterocycles. The molecular formula is C51H32N4O. The van der Waals surface area contributed by atoms with Crippen molar-refractivity contribution in [1.82, 2.24) is 19.5 Å². The predicted octanol–water partition coefficient (Wildman–Crippen LogP) is 13.2. The highest BCUT2D eigenvalue weighted by Gasteiger charge is 2.22. The molecule has 0 saturated heterocycles. The van der Waals surface area contributed by atoms with E-state index in [9.17, 15) is 0 Å². The van der Waals surface area contributed by atoms with Crippen molar-refractivity contribution in [2.45, 2.75) is 0 Å². The predicted molar refractivity (Wildman–Crippen MR) is 229 cm³/mol. The van der Waals surface area contributed by atoms with Gasteiger partial charge in [-0.1, -0.05) is 164 Å². The van der Waals surface area contributed by atoms with Gasteiger partial charge in [0.15, 0.2) is 23.1 Å². The maximum absolute atomic E-state index is 7.06. The van der Waals surface area contributed by atoms with Crippen molar-refractivity contribution in [3.63, 3.8) is 0 Å². The zero-order chi connectivity index (χ0) is 37.0. The summed E-state index contributed by atoms with van der Waals surface area (Å²) in [5, 5.41) is 4.49. The molecule has 11 rings (SSSR count). The number of hydrogen-bond donors (Lipinski definition) is 0. The Morgan fingerprint density at radius 2 is 0.821 bits per heavy atom. The van der Waals surface area contributed by atoms with Crippen molar-refractivity contribution in [2.24, 2.45) is 0 Å². The summed E-state index contributed by atoms with van der Waals surface area (Å²) in [6.07, 6.45) is 0. The van der Waals surface area contributed by atoms with Gasteiger partial charge in [0.2, 0.25) is 0 Å². The number of aromatic nitrogens is 4. The summed E-state index contributed by atoms with van der Waals surface area (Å²) in [4.78, 5) is 14.9. The fraction of sp³-hybridized carbons (Fsp3) is 0. The first-order valence-corrected chi connectivity index (χ1v) is 18.8. The molecule has 0 fully saturated rings. The van der Waals surface area contributed by atoms with Crippen LogP contribution in [0.15, 0.2) is 199 Å². The fourth-order valence-corrected chi connectivity index (χ4v) is 8.01. The van der Waals surface area contributed by atoms with Crippen LogP contribution in [0.3, 0.4) is 0 Å². The summed E-state index contributed by atoms with van der Waals surface area (Å²) in [6, 6.07) is 67.4. The van der Waals surface area contributed by atoms with Gasteiger partial charge in [-0.3, -0.25) is 0 Å². The number of furan rings is 1. The monoisotopic (exact) mass is 716 g/mol. The number of rotatable bonds is 6. The van der Waals surface area contributed by atoms with E-state index in [1.165, 1.54) is 21.9 Å². The molecule has 11 aromatic rings. The molecule has 0 saturated carbocycles. The minimum absolute atomic E-state index is 0.583. The average Bonchev–Trinajstić information content (AvgIpc) is 3.83. The van der Waals surface area contributed by atoms with Crippen LogP contribution in [0.1, 0.15) is 0 Å². The largest absolute Gasteiger partial charge is 0.454 e. The van der Waals surface area contributed by atoms with Crippen molar-refractivity contribution in [2.75, 3.05) is 0 Å². The summed E-state index contributed by atoms with van der Waals surface area (Å²) in [7, 11) is 0. The van der Waals surface area contributed by atoms with Crippen LogP contribution in [0.2, 0.25) is 0 Å². The van der Waals surface area contributed by atoms with Gasteiger partial charge < -0.3 is 8.98 Å². The van der Waals surface area contributed by atoms with Gasteiger partial charge in [0.1, 0.15) is 5.58 Å². The van der Waals surface area contributed by atoms with E-state index in [4.69, 9.17) is 19.4 Å². The number of benzene rings is 8. The molecule has 0 atom stereocenters. The Labute approximate surface area is 322 Å². The smallest absolute Gasteiger partial charge is 0.164 e. The van der Waals surface area contributed by atoms with Crippen molar-refractivity contribution < 1.29 is 4.42 Å². The van der Waals surface area contributed by atoms with Gasteiger partial charge in [0, 0.05) is 38.2 Å². The van der Waals surface area contributed by atoms with Crippen molar-refractivity contribution in [3.8, 4) is 62.1 Å². The molecule has 8 aromatic carbocycles. The van der Waals surface area contributed by atoms with Gasteiger partial charge in [0.05, 0.1) is 16.7 Å². The topological polar surface area (TPSA) is 56.7 Å². The molecule has 0 bridgehead atoms. The van der Waals surface area contributed by atoms with E-state index in [0.717, 1.165) is 66.5 Å². The molecule has 0 spiro atoms. The SMILES string of the molecule is c1ccc(-c2ccc(-c3ccc(-n4c5ccccc5c5ccccc54)c4oc5cc(-c6nc(-c7ccccc7)nc(-c7ccccc7)n6)ccc5c34)cc2)cc1. The molecule has 0 amide bonds. The molecule has 5 nitrogen and oxygen atoms in total. The third-order valence-corrected chi connectivity index (χ3v) is 10.7. The summed E-state index contributed by atoms with van der Waals surface area (Å²) in [5.41, 5.74) is 12.1. The Hall–Kier alpha value is -7.63. The zero-order valence-corrected chi connectivity index (χ0v) is 30.2. The lowest BCUT2D eigenvalue weighted by Crippen LogP contribution is -2.00. The average molecular weight is 717 g/mol. The standard InChI is InChI=1S/C51H32N4O/c1-4-14-33(15-5-1)34-24-26-35(27-25-34)39-30-31-45(55-43-22-12-10-20-40(43)41-21-11-13-23-44(41)55)48-47(39)42-29-28-38(32-46(42)56-48)51-53-49(36-16-6-2-7-17-36)52-50(54-51)37-18-8-3-9-19-37/h1-32H. The lowest BCUT2D eigenvalue weighted by molar-refractivity contribution is 0.666. The first-order valence-electron chi connectivity index (χ1n) is 18.8. The van der Waals surface area contributed by atoms with Crippen LogP contribution in [0.25, 0.3) is 106 Å². The Bertz CT molecular complexity index is 3110. The highest BCUT2D eigenvalue weighted by Crippen LogP contribution is 2.43. The molecule has 262 valence electrons. The molecule has 0 aliphatic carbocycles. The molecular weight excluding hydrogens is 685 g/mol. The van der Waals surface area contributed by atoms with Gasteiger partial charge in [0.25, 0.3) is 0 Å². The van der Waals surface area contributed by atoms with Crippen LogP contribution in [0.4, 0.5) is 0 Å². The lowest BCUT2D eigenvalue weighted by atomic mass is 9.96. The molecule has 3 heterocycles. The third kappa shape index (κ3) is 5.29. The van der Waals surface area contributed by atoms with E-state index in [-0.39, 0.29) is 0 Å².